The van der Waals surface area contributed by atoms with Crippen molar-refractivity contribution >= 4 is 23.4 Å². The SMILES string of the molecule is CC[C@H](C)N1C(=O)[C@@H]2[C@H](C(=O)Nc3cccc(OC)c3)[C@@H]3C=C[C@@]2(O3)[C@@H]1C(=O)NC1CCCCC1. The lowest BCUT2D eigenvalue weighted by Gasteiger charge is -2.36. The molecule has 3 aliphatic heterocycles. The van der Waals surface area contributed by atoms with Crippen LogP contribution < -0.4 is 15.4 Å². The summed E-state index contributed by atoms with van der Waals surface area (Å²) in [5.74, 6) is -1.46. The highest BCUT2D eigenvalue weighted by atomic mass is 16.5. The molecule has 8 heteroatoms. The van der Waals surface area contributed by atoms with E-state index in [4.69, 9.17) is 9.47 Å². The molecule has 0 aromatic heterocycles. The van der Waals surface area contributed by atoms with Crippen LogP contribution in [0.2, 0.25) is 0 Å². The van der Waals surface area contributed by atoms with E-state index in [1.54, 1.807) is 36.3 Å². The first-order chi connectivity index (χ1) is 16.9. The first-order valence-corrected chi connectivity index (χ1v) is 12.8. The third-order valence-electron chi connectivity index (χ3n) is 8.22. The highest BCUT2D eigenvalue weighted by Crippen LogP contribution is 2.55. The summed E-state index contributed by atoms with van der Waals surface area (Å²) in [5.41, 5.74) is -0.536. The summed E-state index contributed by atoms with van der Waals surface area (Å²) in [5, 5.41) is 6.15. The number of carbonyl (C=O) groups is 3. The number of nitrogens with zero attached hydrogens (tertiary/aromatic N) is 1. The normalized spacial score (nSPS) is 32.4. The van der Waals surface area contributed by atoms with Gasteiger partial charge in [0.25, 0.3) is 0 Å². The first-order valence-electron chi connectivity index (χ1n) is 12.8. The number of amides is 3. The van der Waals surface area contributed by atoms with Gasteiger partial charge < -0.3 is 25.0 Å². The maximum absolute atomic E-state index is 13.9. The molecule has 1 spiro atoms. The zero-order valence-corrected chi connectivity index (χ0v) is 20.7. The predicted octanol–water partition coefficient (Wildman–Crippen LogP) is 3.03. The lowest BCUT2D eigenvalue weighted by molar-refractivity contribution is -0.143. The molecular weight excluding hydrogens is 446 g/mol. The number of rotatable bonds is 7. The molecule has 1 aromatic carbocycles. The van der Waals surface area contributed by atoms with Crippen LogP contribution in [0.25, 0.3) is 0 Å². The van der Waals surface area contributed by atoms with Crippen molar-refractivity contribution in [2.24, 2.45) is 11.8 Å². The van der Waals surface area contributed by atoms with E-state index in [0.717, 1.165) is 25.7 Å². The molecule has 2 saturated heterocycles. The standard InChI is InChI=1S/C27H35N3O5/c1-4-16(2)30-23(25(32)28-17-9-6-5-7-10-17)27-14-13-20(35-27)21(22(27)26(30)33)24(31)29-18-11-8-12-19(15-18)34-3/h8,11-17,20-23H,4-7,9-10H2,1-3H3,(H,28,32)(H,29,31)/t16-,20-,21+,22-,23-,27-/m0/s1. The smallest absolute Gasteiger partial charge is 0.246 e. The van der Waals surface area contributed by atoms with Crippen molar-refractivity contribution in [1.29, 1.82) is 0 Å². The molecule has 8 nitrogen and oxygen atoms in total. The third kappa shape index (κ3) is 3.92. The number of methoxy groups -OCH3 is 1. The van der Waals surface area contributed by atoms with Gasteiger partial charge in [0, 0.05) is 23.8 Å². The lowest BCUT2D eigenvalue weighted by Crippen LogP contribution is -2.58. The number of benzene rings is 1. The first kappa shape index (κ1) is 23.9. The van der Waals surface area contributed by atoms with E-state index in [1.165, 1.54) is 6.42 Å². The molecule has 0 unspecified atom stereocenters. The fraction of sp³-hybridized carbons (Fsp3) is 0.593. The molecule has 3 amide bonds. The largest absolute Gasteiger partial charge is 0.497 e. The van der Waals surface area contributed by atoms with Gasteiger partial charge >= 0.3 is 0 Å². The van der Waals surface area contributed by atoms with E-state index in [0.29, 0.717) is 17.9 Å². The maximum Gasteiger partial charge on any atom is 0.246 e. The Morgan fingerprint density at radius 2 is 2.00 bits per heavy atom. The van der Waals surface area contributed by atoms with E-state index in [9.17, 15) is 14.4 Å². The average Bonchev–Trinajstić information content (AvgIpc) is 3.51. The summed E-state index contributed by atoms with van der Waals surface area (Å²) >= 11 is 0. The van der Waals surface area contributed by atoms with Gasteiger partial charge in [-0.25, -0.2) is 0 Å². The minimum atomic E-state index is -1.12. The number of nitrogens with one attached hydrogen (secondary N) is 2. The summed E-state index contributed by atoms with van der Waals surface area (Å²) in [6, 6.07) is 6.30. The van der Waals surface area contributed by atoms with Gasteiger partial charge in [-0.05, 0) is 38.3 Å². The van der Waals surface area contributed by atoms with Crippen molar-refractivity contribution in [3.05, 3.63) is 36.4 Å². The van der Waals surface area contributed by atoms with Gasteiger partial charge in [-0.3, -0.25) is 14.4 Å². The van der Waals surface area contributed by atoms with Gasteiger partial charge in [0.2, 0.25) is 17.7 Å². The van der Waals surface area contributed by atoms with Crippen LogP contribution in [0.4, 0.5) is 5.69 Å². The molecule has 3 heterocycles. The molecule has 1 aromatic rings. The predicted molar refractivity (Wildman–Crippen MR) is 131 cm³/mol. The van der Waals surface area contributed by atoms with Crippen LogP contribution in [-0.4, -0.2) is 59.6 Å². The minimum absolute atomic E-state index is 0.121. The van der Waals surface area contributed by atoms with Gasteiger partial charge in [0.05, 0.1) is 25.0 Å². The molecule has 6 atom stereocenters. The van der Waals surface area contributed by atoms with Gasteiger partial charge in [-0.1, -0.05) is 44.4 Å². The highest BCUT2D eigenvalue weighted by molar-refractivity contribution is 6.03. The molecule has 2 N–H and O–H groups in total. The second-order valence-electron chi connectivity index (χ2n) is 10.3. The van der Waals surface area contributed by atoms with E-state index in [1.807, 2.05) is 26.0 Å². The van der Waals surface area contributed by atoms with Crippen LogP contribution in [0.5, 0.6) is 5.75 Å². The highest BCUT2D eigenvalue weighted by Gasteiger charge is 2.73. The summed E-state index contributed by atoms with van der Waals surface area (Å²) < 4.78 is 11.7. The van der Waals surface area contributed by atoms with Gasteiger partial charge in [-0.15, -0.1) is 0 Å². The topological polar surface area (TPSA) is 97.0 Å². The molecule has 35 heavy (non-hydrogen) atoms. The number of likely N-dealkylation sites (tertiary alicyclic amines) is 1. The van der Waals surface area contributed by atoms with Crippen molar-refractivity contribution in [2.75, 3.05) is 12.4 Å². The Bertz CT molecular complexity index is 1040. The molecular formula is C27H35N3O5. The number of hydrogen-bond donors (Lipinski definition) is 2. The van der Waals surface area contributed by atoms with E-state index in [-0.39, 0.29) is 29.8 Å². The van der Waals surface area contributed by atoms with Crippen LogP contribution in [0, 0.1) is 11.8 Å². The Morgan fingerprint density at radius 3 is 2.71 bits per heavy atom. The Labute approximate surface area is 206 Å². The Kier molecular flexibility index (Phi) is 6.34. The number of ether oxygens (including phenoxy) is 2. The quantitative estimate of drug-likeness (QED) is 0.584. The summed E-state index contributed by atoms with van der Waals surface area (Å²) in [7, 11) is 1.57. The number of fused-ring (bicyclic) bond motifs is 1. The lowest BCUT2D eigenvalue weighted by atomic mass is 9.74. The summed E-state index contributed by atoms with van der Waals surface area (Å²) in [6.07, 6.45) is 9.17. The molecule has 4 aliphatic rings. The van der Waals surface area contributed by atoms with Crippen LogP contribution in [0.1, 0.15) is 52.4 Å². The van der Waals surface area contributed by atoms with Crippen LogP contribution >= 0.6 is 0 Å². The van der Waals surface area contributed by atoms with Crippen molar-refractivity contribution in [3.63, 3.8) is 0 Å². The van der Waals surface area contributed by atoms with E-state index in [2.05, 4.69) is 10.6 Å². The summed E-state index contributed by atoms with van der Waals surface area (Å²) in [6.45, 7) is 3.96. The fourth-order valence-corrected chi connectivity index (χ4v) is 6.33. The molecule has 3 fully saturated rings. The fourth-order valence-electron chi connectivity index (χ4n) is 6.33. The van der Waals surface area contributed by atoms with Crippen LogP contribution in [-0.2, 0) is 19.1 Å². The zero-order valence-electron chi connectivity index (χ0n) is 20.7. The molecule has 188 valence electrons. The number of carbonyl (C=O) groups excluding carboxylic acids is 3. The van der Waals surface area contributed by atoms with Crippen molar-refractivity contribution in [3.8, 4) is 5.75 Å². The van der Waals surface area contributed by atoms with Crippen LogP contribution in [0.15, 0.2) is 36.4 Å². The van der Waals surface area contributed by atoms with Gasteiger partial charge in [-0.2, -0.15) is 0 Å². The van der Waals surface area contributed by atoms with E-state index < -0.39 is 29.6 Å². The molecule has 5 rings (SSSR count). The molecule has 1 aliphatic carbocycles. The maximum atomic E-state index is 13.9. The van der Waals surface area contributed by atoms with Gasteiger partial charge in [0.1, 0.15) is 17.4 Å². The van der Waals surface area contributed by atoms with Gasteiger partial charge in [0.15, 0.2) is 0 Å². The monoisotopic (exact) mass is 481 g/mol. The van der Waals surface area contributed by atoms with E-state index >= 15 is 0 Å². The zero-order chi connectivity index (χ0) is 24.7. The second-order valence-corrected chi connectivity index (χ2v) is 10.3. The average molecular weight is 482 g/mol. The number of anilines is 1. The summed E-state index contributed by atoms with van der Waals surface area (Å²) in [4.78, 5) is 42.8. The number of hydrogen-bond acceptors (Lipinski definition) is 5. The molecule has 1 saturated carbocycles. The Hall–Kier alpha value is -2.87. The van der Waals surface area contributed by atoms with Crippen molar-refractivity contribution < 1.29 is 23.9 Å². The van der Waals surface area contributed by atoms with Crippen molar-refractivity contribution in [1.82, 2.24) is 10.2 Å². The Balaban J connectivity index is 1.44. The minimum Gasteiger partial charge on any atom is -0.497 e. The molecule has 0 radical (unpaired) electrons. The van der Waals surface area contributed by atoms with Crippen molar-refractivity contribution in [2.45, 2.75) is 82.2 Å². The molecule has 2 bridgehead atoms. The second kappa shape index (κ2) is 9.30. The third-order valence-corrected chi connectivity index (χ3v) is 8.22. The Morgan fingerprint density at radius 1 is 1.23 bits per heavy atom. The van der Waals surface area contributed by atoms with Crippen LogP contribution in [0.3, 0.4) is 0 Å².